The van der Waals surface area contributed by atoms with Gasteiger partial charge in [0.25, 0.3) is 0 Å². The van der Waals surface area contributed by atoms with Gasteiger partial charge >= 0.3 is 0 Å². The molecular formula is C24H36O4. The van der Waals surface area contributed by atoms with E-state index < -0.39 is 17.8 Å². The Labute approximate surface area is 168 Å². The maximum Gasteiger partial charge on any atom is 0.135 e. The van der Waals surface area contributed by atoms with Gasteiger partial charge in [-0.2, -0.15) is 0 Å². The van der Waals surface area contributed by atoms with Crippen LogP contribution >= 0.6 is 0 Å². The zero-order chi connectivity index (χ0) is 19.9. The van der Waals surface area contributed by atoms with Crippen molar-refractivity contribution in [1.82, 2.24) is 0 Å². The van der Waals surface area contributed by atoms with Crippen LogP contribution in [0.1, 0.15) is 71.5 Å². The molecular weight excluding hydrogens is 352 g/mol. The molecule has 0 radical (unpaired) electrons. The van der Waals surface area contributed by atoms with Crippen molar-refractivity contribution in [3.05, 3.63) is 24.2 Å². The van der Waals surface area contributed by atoms with Crippen LogP contribution in [0.3, 0.4) is 0 Å². The van der Waals surface area contributed by atoms with Gasteiger partial charge in [-0.25, -0.2) is 0 Å². The van der Waals surface area contributed by atoms with E-state index in [1.54, 1.807) is 6.26 Å². The monoisotopic (exact) mass is 388 g/mol. The van der Waals surface area contributed by atoms with E-state index >= 15 is 0 Å². The maximum atomic E-state index is 11.7. The second-order valence-corrected chi connectivity index (χ2v) is 11.1. The fourth-order valence-corrected chi connectivity index (χ4v) is 8.40. The van der Waals surface area contributed by atoms with Crippen LogP contribution in [0.5, 0.6) is 0 Å². The Morgan fingerprint density at radius 2 is 1.71 bits per heavy atom. The molecule has 28 heavy (non-hydrogen) atoms. The lowest BCUT2D eigenvalue weighted by atomic mass is 9.42. The molecule has 0 bridgehead atoms. The highest BCUT2D eigenvalue weighted by molar-refractivity contribution is 5.23. The number of rotatable bonds is 1. The molecule has 156 valence electrons. The minimum atomic E-state index is -0.977. The summed E-state index contributed by atoms with van der Waals surface area (Å²) in [5, 5.41) is 34.2. The van der Waals surface area contributed by atoms with E-state index in [0.29, 0.717) is 24.0 Å². The Morgan fingerprint density at radius 1 is 0.964 bits per heavy atom. The summed E-state index contributed by atoms with van der Waals surface area (Å²) < 4.78 is 5.67. The van der Waals surface area contributed by atoms with Gasteiger partial charge in [-0.15, -0.1) is 0 Å². The van der Waals surface area contributed by atoms with Crippen LogP contribution in [0.15, 0.2) is 22.8 Å². The lowest BCUT2D eigenvalue weighted by Crippen LogP contribution is -2.64. The summed E-state index contributed by atoms with van der Waals surface area (Å²) in [7, 11) is 0. The highest BCUT2D eigenvalue weighted by atomic mass is 16.4. The van der Waals surface area contributed by atoms with Crippen molar-refractivity contribution in [1.29, 1.82) is 0 Å². The van der Waals surface area contributed by atoms with Crippen molar-refractivity contribution < 1.29 is 19.7 Å². The SMILES string of the molecule is C[C@H]1CC[C@@]2(C)[C@H](C1)[C@@H](O)[C@H](O)C1[C@@H]2CC[C@@]2(C)[C@H]1CC[C@@]2(O)c1ccco1. The summed E-state index contributed by atoms with van der Waals surface area (Å²) in [5.41, 5.74) is -1.20. The number of aliphatic hydroxyl groups is 3. The Bertz CT molecular complexity index is 731. The van der Waals surface area contributed by atoms with Crippen molar-refractivity contribution in [2.45, 2.75) is 83.5 Å². The average Bonchev–Trinajstić information content (AvgIpc) is 3.29. The third-order valence-electron chi connectivity index (χ3n) is 10.1. The Balaban J connectivity index is 1.54. The molecule has 4 aliphatic carbocycles. The van der Waals surface area contributed by atoms with Crippen LogP contribution in [0.2, 0.25) is 0 Å². The molecule has 10 atom stereocenters. The van der Waals surface area contributed by atoms with Gasteiger partial charge < -0.3 is 19.7 Å². The first-order chi connectivity index (χ1) is 13.2. The molecule has 1 heterocycles. The van der Waals surface area contributed by atoms with Crippen molar-refractivity contribution in [3.8, 4) is 0 Å². The van der Waals surface area contributed by atoms with Gasteiger partial charge in [0.15, 0.2) is 0 Å². The molecule has 0 aromatic carbocycles. The van der Waals surface area contributed by atoms with E-state index in [0.717, 1.165) is 32.1 Å². The van der Waals surface area contributed by atoms with E-state index in [4.69, 9.17) is 4.42 Å². The van der Waals surface area contributed by atoms with Crippen molar-refractivity contribution in [3.63, 3.8) is 0 Å². The lowest BCUT2D eigenvalue weighted by molar-refractivity contribution is -0.231. The number of hydrogen-bond acceptors (Lipinski definition) is 4. The fraction of sp³-hybridized carbons (Fsp3) is 0.833. The van der Waals surface area contributed by atoms with Crippen LogP contribution in [0, 0.1) is 40.4 Å². The summed E-state index contributed by atoms with van der Waals surface area (Å²) in [6.45, 7) is 6.86. The molecule has 4 saturated carbocycles. The molecule has 0 saturated heterocycles. The molecule has 4 aliphatic rings. The van der Waals surface area contributed by atoms with Crippen LogP contribution in [-0.2, 0) is 5.60 Å². The average molecular weight is 389 g/mol. The standard InChI is InChI=1S/C24H36O4/c1-14-6-9-22(2)15-7-10-23(3)16(19(15)21(26)20(25)17(22)13-14)8-11-24(23,27)18-5-4-12-28-18/h4-5,12,14-17,19-21,25-27H,6-11,13H2,1-3H3/t14-,15-,16-,17+,19?,20+,21+,22+,23-,24+/m0/s1. The van der Waals surface area contributed by atoms with Gasteiger partial charge in [-0.1, -0.05) is 27.2 Å². The highest BCUT2D eigenvalue weighted by Gasteiger charge is 2.68. The van der Waals surface area contributed by atoms with E-state index in [1.165, 1.54) is 6.42 Å². The molecule has 1 aromatic rings. The first-order valence-corrected chi connectivity index (χ1v) is 11.3. The van der Waals surface area contributed by atoms with Gasteiger partial charge in [0.1, 0.15) is 11.4 Å². The first-order valence-electron chi connectivity index (χ1n) is 11.3. The molecule has 4 fully saturated rings. The number of aliphatic hydroxyl groups excluding tert-OH is 2. The number of fused-ring (bicyclic) bond motifs is 5. The molecule has 0 spiro atoms. The summed E-state index contributed by atoms with van der Waals surface area (Å²) in [4.78, 5) is 0. The summed E-state index contributed by atoms with van der Waals surface area (Å²) >= 11 is 0. The molecule has 0 amide bonds. The smallest absolute Gasteiger partial charge is 0.135 e. The summed E-state index contributed by atoms with van der Waals surface area (Å²) in [6.07, 6.45) is 7.24. The third kappa shape index (κ3) is 2.23. The van der Waals surface area contributed by atoms with Crippen LogP contribution in [0.4, 0.5) is 0 Å². The van der Waals surface area contributed by atoms with Crippen molar-refractivity contribution >= 4 is 0 Å². The van der Waals surface area contributed by atoms with Crippen LogP contribution < -0.4 is 0 Å². The predicted molar refractivity (Wildman–Crippen MR) is 106 cm³/mol. The first kappa shape index (κ1) is 19.1. The summed E-state index contributed by atoms with van der Waals surface area (Å²) in [6, 6.07) is 3.75. The van der Waals surface area contributed by atoms with Crippen LogP contribution in [0.25, 0.3) is 0 Å². The zero-order valence-electron chi connectivity index (χ0n) is 17.5. The summed E-state index contributed by atoms with van der Waals surface area (Å²) in [5.74, 6) is 2.19. The van der Waals surface area contributed by atoms with E-state index in [1.807, 2.05) is 12.1 Å². The van der Waals surface area contributed by atoms with E-state index in [9.17, 15) is 15.3 Å². The second-order valence-electron chi connectivity index (χ2n) is 11.1. The van der Waals surface area contributed by atoms with Crippen molar-refractivity contribution in [2.24, 2.45) is 40.4 Å². The molecule has 4 heteroatoms. The topological polar surface area (TPSA) is 73.8 Å². The number of furan rings is 1. The molecule has 3 N–H and O–H groups in total. The van der Waals surface area contributed by atoms with Gasteiger partial charge in [-0.3, -0.25) is 0 Å². The molecule has 4 nitrogen and oxygen atoms in total. The van der Waals surface area contributed by atoms with Crippen LogP contribution in [-0.4, -0.2) is 27.5 Å². The van der Waals surface area contributed by atoms with Gasteiger partial charge in [0.05, 0.1) is 18.5 Å². The van der Waals surface area contributed by atoms with Gasteiger partial charge in [0, 0.05) is 5.41 Å². The molecule has 0 aliphatic heterocycles. The van der Waals surface area contributed by atoms with Crippen molar-refractivity contribution in [2.75, 3.05) is 0 Å². The minimum Gasteiger partial charge on any atom is -0.466 e. The maximum absolute atomic E-state index is 11.7. The number of hydrogen-bond donors (Lipinski definition) is 3. The van der Waals surface area contributed by atoms with Gasteiger partial charge in [-0.05, 0) is 85.7 Å². The highest BCUT2D eigenvalue weighted by Crippen LogP contribution is 2.70. The lowest BCUT2D eigenvalue weighted by Gasteiger charge is -2.64. The fourth-order valence-electron chi connectivity index (χ4n) is 8.40. The predicted octanol–water partition coefficient (Wildman–Crippen LogP) is 4.09. The molecule has 5 rings (SSSR count). The molecule has 1 aromatic heterocycles. The second kappa shape index (κ2) is 6.09. The Hall–Kier alpha value is -0.840. The quantitative estimate of drug-likeness (QED) is 0.677. The largest absolute Gasteiger partial charge is 0.466 e. The normalized spacial score (nSPS) is 56.0. The third-order valence-corrected chi connectivity index (χ3v) is 10.1. The minimum absolute atomic E-state index is 0.0624. The zero-order valence-corrected chi connectivity index (χ0v) is 17.5. The van der Waals surface area contributed by atoms with Gasteiger partial charge in [0.2, 0.25) is 0 Å². The van der Waals surface area contributed by atoms with E-state index in [2.05, 4.69) is 20.8 Å². The molecule has 1 unspecified atom stereocenters. The van der Waals surface area contributed by atoms with E-state index in [-0.39, 0.29) is 28.6 Å². The Kier molecular flexibility index (Phi) is 4.16. The Morgan fingerprint density at radius 3 is 2.43 bits per heavy atom.